The maximum atomic E-state index is 8.46. The number of nitrogens with one attached hydrogen (secondary N) is 1. The second-order valence-corrected chi connectivity index (χ2v) is 4.61. The molecular weight excluding hydrogens is 256 g/mol. The molecule has 20 heavy (non-hydrogen) atoms. The van der Waals surface area contributed by atoms with Gasteiger partial charge in [-0.25, -0.2) is 0 Å². The predicted molar refractivity (Wildman–Crippen MR) is 75.2 cm³/mol. The smallest absolute Gasteiger partial charge is 0.203 e. The third-order valence-electron chi connectivity index (χ3n) is 3.11. The third kappa shape index (κ3) is 3.78. The molecule has 0 atom stereocenters. The van der Waals surface area contributed by atoms with E-state index in [1.807, 2.05) is 12.1 Å². The van der Waals surface area contributed by atoms with Gasteiger partial charge >= 0.3 is 0 Å². The standard InChI is InChI=1S/C15H20N2O3/c1-18-13-9-12(11-17-6-4-2-3-5-16)10-14-15(13)20-8-7-19-14/h9-10,17H,2-4,6-8,11H2,1H3. The quantitative estimate of drug-likeness (QED) is 0.774. The number of methoxy groups -OCH3 is 1. The van der Waals surface area contributed by atoms with E-state index in [0.29, 0.717) is 31.1 Å². The molecule has 1 aromatic carbocycles. The van der Waals surface area contributed by atoms with E-state index in [4.69, 9.17) is 19.5 Å². The Balaban J connectivity index is 1.90. The van der Waals surface area contributed by atoms with Gasteiger partial charge in [0.2, 0.25) is 5.75 Å². The fourth-order valence-corrected chi connectivity index (χ4v) is 2.12. The summed E-state index contributed by atoms with van der Waals surface area (Å²) in [6, 6.07) is 6.10. The van der Waals surface area contributed by atoms with E-state index in [-0.39, 0.29) is 0 Å². The molecule has 0 fully saturated rings. The molecule has 0 unspecified atom stereocenters. The Hall–Kier alpha value is -1.93. The summed E-state index contributed by atoms with van der Waals surface area (Å²) in [7, 11) is 1.63. The highest BCUT2D eigenvalue weighted by atomic mass is 16.6. The summed E-state index contributed by atoms with van der Waals surface area (Å²) in [5, 5.41) is 11.8. The van der Waals surface area contributed by atoms with E-state index >= 15 is 0 Å². The summed E-state index contributed by atoms with van der Waals surface area (Å²) < 4.78 is 16.5. The van der Waals surface area contributed by atoms with Gasteiger partial charge in [0.05, 0.1) is 13.2 Å². The number of hydrogen-bond donors (Lipinski definition) is 1. The van der Waals surface area contributed by atoms with Crippen LogP contribution >= 0.6 is 0 Å². The van der Waals surface area contributed by atoms with Gasteiger partial charge in [-0.15, -0.1) is 0 Å². The molecule has 0 aliphatic carbocycles. The first kappa shape index (κ1) is 14.5. The van der Waals surface area contributed by atoms with Crippen molar-refractivity contribution in [2.75, 3.05) is 26.9 Å². The van der Waals surface area contributed by atoms with Crippen LogP contribution in [0.2, 0.25) is 0 Å². The number of unbranched alkanes of at least 4 members (excludes halogenated alkanes) is 2. The topological polar surface area (TPSA) is 63.5 Å². The zero-order chi connectivity index (χ0) is 14.2. The lowest BCUT2D eigenvalue weighted by Gasteiger charge is -2.21. The monoisotopic (exact) mass is 276 g/mol. The highest BCUT2D eigenvalue weighted by molar-refractivity contribution is 5.54. The fourth-order valence-electron chi connectivity index (χ4n) is 2.12. The molecule has 0 bridgehead atoms. The van der Waals surface area contributed by atoms with Crippen molar-refractivity contribution >= 4 is 0 Å². The number of ether oxygens (including phenoxy) is 3. The van der Waals surface area contributed by atoms with Crippen LogP contribution in [0.5, 0.6) is 17.2 Å². The highest BCUT2D eigenvalue weighted by Gasteiger charge is 2.18. The van der Waals surface area contributed by atoms with Crippen molar-refractivity contribution in [2.45, 2.75) is 25.8 Å². The van der Waals surface area contributed by atoms with Gasteiger partial charge in [0.25, 0.3) is 0 Å². The van der Waals surface area contributed by atoms with Crippen LogP contribution in [0, 0.1) is 11.3 Å². The van der Waals surface area contributed by atoms with Crippen molar-refractivity contribution in [3.8, 4) is 23.3 Å². The molecule has 0 spiro atoms. The molecule has 108 valence electrons. The van der Waals surface area contributed by atoms with Gasteiger partial charge in [-0.1, -0.05) is 0 Å². The molecule has 0 radical (unpaired) electrons. The lowest BCUT2D eigenvalue weighted by molar-refractivity contribution is 0.165. The Kier molecular flexibility index (Phi) is 5.51. The van der Waals surface area contributed by atoms with Crippen LogP contribution in [-0.4, -0.2) is 26.9 Å². The number of nitrogens with zero attached hydrogens (tertiary/aromatic N) is 1. The lowest BCUT2D eigenvalue weighted by Crippen LogP contribution is -2.18. The maximum absolute atomic E-state index is 8.46. The Morgan fingerprint density at radius 2 is 2.15 bits per heavy atom. The fraction of sp³-hybridized carbons (Fsp3) is 0.533. The Bertz CT molecular complexity index is 465. The zero-order valence-electron chi connectivity index (χ0n) is 11.8. The Morgan fingerprint density at radius 3 is 2.95 bits per heavy atom. The average molecular weight is 276 g/mol. The van der Waals surface area contributed by atoms with E-state index in [9.17, 15) is 0 Å². The van der Waals surface area contributed by atoms with Crippen LogP contribution < -0.4 is 19.5 Å². The van der Waals surface area contributed by atoms with Crippen molar-refractivity contribution < 1.29 is 14.2 Å². The molecule has 5 nitrogen and oxygen atoms in total. The van der Waals surface area contributed by atoms with Gasteiger partial charge < -0.3 is 19.5 Å². The molecule has 0 amide bonds. The van der Waals surface area contributed by atoms with Gasteiger partial charge in [-0.3, -0.25) is 0 Å². The zero-order valence-corrected chi connectivity index (χ0v) is 11.8. The number of nitriles is 1. The number of fused-ring (bicyclic) bond motifs is 1. The van der Waals surface area contributed by atoms with Crippen LogP contribution in [-0.2, 0) is 6.54 Å². The lowest BCUT2D eigenvalue weighted by atomic mass is 10.1. The summed E-state index contributed by atoms with van der Waals surface area (Å²) in [5.41, 5.74) is 1.10. The second-order valence-electron chi connectivity index (χ2n) is 4.61. The van der Waals surface area contributed by atoms with Crippen LogP contribution in [0.15, 0.2) is 12.1 Å². The van der Waals surface area contributed by atoms with Crippen molar-refractivity contribution in [1.82, 2.24) is 5.32 Å². The first-order valence-electron chi connectivity index (χ1n) is 6.89. The molecule has 2 rings (SSSR count). The number of hydrogen-bond acceptors (Lipinski definition) is 5. The predicted octanol–water partition coefficient (Wildman–Crippen LogP) is 2.25. The third-order valence-corrected chi connectivity index (χ3v) is 3.11. The van der Waals surface area contributed by atoms with Crippen LogP contribution in [0.1, 0.15) is 24.8 Å². The maximum Gasteiger partial charge on any atom is 0.203 e. The Morgan fingerprint density at radius 1 is 1.30 bits per heavy atom. The minimum atomic E-state index is 0.555. The molecule has 0 saturated carbocycles. The molecule has 1 aliphatic rings. The summed E-state index contributed by atoms with van der Waals surface area (Å²) in [5.74, 6) is 2.15. The molecule has 5 heteroatoms. The number of benzene rings is 1. The van der Waals surface area contributed by atoms with E-state index in [1.54, 1.807) is 7.11 Å². The van der Waals surface area contributed by atoms with Gasteiger partial charge in [-0.05, 0) is 37.1 Å². The average Bonchev–Trinajstić information content (AvgIpc) is 2.50. The van der Waals surface area contributed by atoms with Crippen LogP contribution in [0.25, 0.3) is 0 Å². The van der Waals surface area contributed by atoms with Crippen molar-refractivity contribution in [3.63, 3.8) is 0 Å². The summed E-state index contributed by atoms with van der Waals surface area (Å²) in [6.45, 7) is 2.78. The van der Waals surface area contributed by atoms with Gasteiger partial charge in [0.1, 0.15) is 13.2 Å². The summed E-state index contributed by atoms with van der Waals surface area (Å²) in [4.78, 5) is 0. The van der Waals surface area contributed by atoms with Gasteiger partial charge in [-0.2, -0.15) is 5.26 Å². The largest absolute Gasteiger partial charge is 0.493 e. The van der Waals surface area contributed by atoms with Crippen LogP contribution in [0.3, 0.4) is 0 Å². The first-order valence-corrected chi connectivity index (χ1v) is 6.89. The molecule has 1 heterocycles. The second kappa shape index (κ2) is 7.61. The van der Waals surface area contributed by atoms with Crippen molar-refractivity contribution in [2.24, 2.45) is 0 Å². The van der Waals surface area contributed by atoms with Gasteiger partial charge in [0, 0.05) is 13.0 Å². The molecule has 1 aliphatic heterocycles. The van der Waals surface area contributed by atoms with E-state index in [2.05, 4.69) is 11.4 Å². The minimum absolute atomic E-state index is 0.555. The molecular formula is C15H20N2O3. The summed E-state index contributed by atoms with van der Waals surface area (Å²) in [6.07, 6.45) is 2.57. The SMILES string of the molecule is COc1cc(CNCCCCC#N)cc2c1OCCO2. The Labute approximate surface area is 119 Å². The summed E-state index contributed by atoms with van der Waals surface area (Å²) >= 11 is 0. The van der Waals surface area contributed by atoms with E-state index in [1.165, 1.54) is 0 Å². The van der Waals surface area contributed by atoms with Crippen molar-refractivity contribution in [3.05, 3.63) is 17.7 Å². The minimum Gasteiger partial charge on any atom is -0.493 e. The highest BCUT2D eigenvalue weighted by Crippen LogP contribution is 2.40. The normalized spacial score (nSPS) is 12.8. The molecule has 0 saturated heterocycles. The number of rotatable bonds is 7. The van der Waals surface area contributed by atoms with E-state index < -0.39 is 0 Å². The molecule has 1 N–H and O–H groups in total. The van der Waals surface area contributed by atoms with Crippen LogP contribution in [0.4, 0.5) is 0 Å². The first-order chi connectivity index (χ1) is 9.85. The van der Waals surface area contributed by atoms with Crippen molar-refractivity contribution in [1.29, 1.82) is 5.26 Å². The van der Waals surface area contributed by atoms with E-state index in [0.717, 1.165) is 37.2 Å². The molecule has 1 aromatic rings. The van der Waals surface area contributed by atoms with Gasteiger partial charge in [0.15, 0.2) is 11.5 Å². The molecule has 0 aromatic heterocycles.